The molecule has 8 heavy (non-hydrogen) atoms. The zero-order valence-electron chi connectivity index (χ0n) is 4.66. The Balaban J connectivity index is 3.69. The van der Waals surface area contributed by atoms with Crippen molar-refractivity contribution < 1.29 is 9.90 Å². The van der Waals surface area contributed by atoms with Gasteiger partial charge in [0.25, 0.3) is 0 Å². The van der Waals surface area contributed by atoms with E-state index in [-0.39, 0.29) is 0 Å². The Bertz CT molecular complexity index is 122. The lowest BCUT2D eigenvalue weighted by atomic mass is 10.3. The Morgan fingerprint density at radius 2 is 2.25 bits per heavy atom. The van der Waals surface area contributed by atoms with Crippen LogP contribution < -0.4 is 0 Å². The van der Waals surface area contributed by atoms with Gasteiger partial charge in [-0.3, -0.25) is 4.79 Å². The van der Waals surface area contributed by atoms with Gasteiger partial charge in [0, 0.05) is 0 Å². The lowest BCUT2D eigenvalue weighted by molar-refractivity contribution is -0.104. The molecule has 0 aliphatic heterocycles. The molecule has 44 valence electrons. The number of hydrogen-bond acceptors (Lipinski definition) is 2. The molecule has 0 aromatic heterocycles. The fraction of sp³-hybridized carbons (Fsp3) is 0.167. The summed E-state index contributed by atoms with van der Waals surface area (Å²) in [6.45, 7) is 1.69. The molecule has 0 aromatic carbocycles. The molecular formula is C6H8O2. The number of aldehydes is 1. The minimum Gasteiger partial charge on any atom is -0.515 e. The monoisotopic (exact) mass is 112 g/mol. The van der Waals surface area contributed by atoms with E-state index in [9.17, 15) is 4.79 Å². The van der Waals surface area contributed by atoms with Crippen LogP contribution in [0, 0.1) is 0 Å². The van der Waals surface area contributed by atoms with Gasteiger partial charge in [-0.1, -0.05) is 6.08 Å². The van der Waals surface area contributed by atoms with Crippen LogP contribution in [-0.2, 0) is 4.79 Å². The Hall–Kier alpha value is -1.05. The van der Waals surface area contributed by atoms with Crippen LogP contribution in [0.4, 0.5) is 0 Å². The van der Waals surface area contributed by atoms with E-state index in [1.54, 1.807) is 6.92 Å². The van der Waals surface area contributed by atoms with Crippen LogP contribution in [-0.4, -0.2) is 11.4 Å². The molecule has 0 amide bonds. The molecule has 2 heteroatoms. The van der Waals surface area contributed by atoms with E-state index >= 15 is 0 Å². The maximum Gasteiger partial charge on any atom is 0.142 e. The maximum atomic E-state index is 9.63. The molecule has 0 unspecified atom stereocenters. The molecule has 0 aliphatic carbocycles. The summed E-state index contributed by atoms with van der Waals surface area (Å²) in [5.74, 6) is 0. The molecule has 0 heterocycles. The molecule has 2 nitrogen and oxygen atoms in total. The molecule has 1 N–H and O–H groups in total. The van der Waals surface area contributed by atoms with Crippen LogP contribution in [0.15, 0.2) is 24.0 Å². The van der Waals surface area contributed by atoms with Crippen molar-refractivity contribution in [2.75, 3.05) is 0 Å². The molecule has 0 rings (SSSR count). The lowest BCUT2D eigenvalue weighted by Gasteiger charge is -1.80. The summed E-state index contributed by atoms with van der Waals surface area (Å²) >= 11 is 0. The van der Waals surface area contributed by atoms with Crippen molar-refractivity contribution in [2.45, 2.75) is 6.92 Å². The third kappa shape index (κ3) is 3.15. The second kappa shape index (κ2) is 4.12. The molecule has 0 atom stereocenters. The smallest absolute Gasteiger partial charge is 0.142 e. The zero-order chi connectivity index (χ0) is 6.41. The van der Waals surface area contributed by atoms with Crippen LogP contribution in [0.25, 0.3) is 0 Å². The highest BCUT2D eigenvalue weighted by Gasteiger charge is 1.74. The number of aliphatic hydroxyl groups excluding tert-OH is 1. The van der Waals surface area contributed by atoms with Crippen molar-refractivity contribution in [3.05, 3.63) is 24.0 Å². The molecule has 0 saturated heterocycles. The van der Waals surface area contributed by atoms with Gasteiger partial charge in [0.2, 0.25) is 0 Å². The number of carbonyl (C=O) groups is 1. The highest BCUT2D eigenvalue weighted by molar-refractivity contribution is 5.65. The topological polar surface area (TPSA) is 37.3 Å². The molecule has 0 fully saturated rings. The van der Waals surface area contributed by atoms with Gasteiger partial charge in [0.05, 0.1) is 6.26 Å². The average molecular weight is 112 g/mol. The second-order valence-electron chi connectivity index (χ2n) is 1.37. The summed E-state index contributed by atoms with van der Waals surface area (Å²) in [4.78, 5) is 9.63. The van der Waals surface area contributed by atoms with Crippen LogP contribution >= 0.6 is 0 Å². The van der Waals surface area contributed by atoms with Crippen molar-refractivity contribution in [3.8, 4) is 0 Å². The first-order valence-electron chi connectivity index (χ1n) is 2.24. The fourth-order valence-corrected chi connectivity index (χ4v) is 0.234. The molecular weight excluding hydrogens is 104 g/mol. The van der Waals surface area contributed by atoms with Gasteiger partial charge in [0.1, 0.15) is 6.29 Å². The summed E-state index contributed by atoms with van der Waals surface area (Å²) < 4.78 is 0. The highest BCUT2D eigenvalue weighted by atomic mass is 16.2. The minimum absolute atomic E-state index is 0.660. The minimum atomic E-state index is 0.660. The van der Waals surface area contributed by atoms with Crippen LogP contribution in [0.2, 0.25) is 0 Å². The first kappa shape index (κ1) is 6.95. The first-order chi connectivity index (χ1) is 3.81. The van der Waals surface area contributed by atoms with Gasteiger partial charge in [-0.2, -0.15) is 0 Å². The quantitative estimate of drug-likeness (QED) is 0.252. The van der Waals surface area contributed by atoms with Gasteiger partial charge in [-0.15, -0.1) is 0 Å². The molecule has 0 aromatic rings. The van der Waals surface area contributed by atoms with Crippen LogP contribution in [0.1, 0.15) is 6.92 Å². The van der Waals surface area contributed by atoms with Crippen molar-refractivity contribution in [1.82, 2.24) is 0 Å². The first-order valence-corrected chi connectivity index (χ1v) is 2.24. The van der Waals surface area contributed by atoms with E-state index in [1.807, 2.05) is 0 Å². The van der Waals surface area contributed by atoms with Gasteiger partial charge in [0.15, 0.2) is 0 Å². The third-order valence-electron chi connectivity index (χ3n) is 0.641. The van der Waals surface area contributed by atoms with Gasteiger partial charge in [-0.25, -0.2) is 0 Å². The average Bonchev–Trinajstić information content (AvgIpc) is 1.83. The maximum absolute atomic E-state index is 9.63. The molecule has 0 spiro atoms. The van der Waals surface area contributed by atoms with Crippen LogP contribution in [0.3, 0.4) is 0 Å². The van der Waals surface area contributed by atoms with Gasteiger partial charge in [-0.05, 0) is 18.6 Å². The highest BCUT2D eigenvalue weighted by Crippen LogP contribution is 1.89. The SMILES string of the molecule is CC(/C=C\C=O)=C\O. The third-order valence-corrected chi connectivity index (χ3v) is 0.641. The van der Waals surface area contributed by atoms with E-state index in [0.717, 1.165) is 6.26 Å². The Morgan fingerprint density at radius 3 is 2.62 bits per heavy atom. The normalized spacial score (nSPS) is 12.4. The summed E-state index contributed by atoms with van der Waals surface area (Å²) in [5, 5.41) is 8.23. The van der Waals surface area contributed by atoms with E-state index in [4.69, 9.17) is 5.11 Å². The predicted molar refractivity (Wildman–Crippen MR) is 31.6 cm³/mol. The van der Waals surface area contributed by atoms with Crippen LogP contribution in [0.5, 0.6) is 0 Å². The Kier molecular flexibility index (Phi) is 3.58. The number of carbonyl (C=O) groups excluding carboxylic acids is 1. The summed E-state index contributed by atoms with van der Waals surface area (Å²) in [7, 11) is 0. The number of rotatable bonds is 2. The Morgan fingerprint density at radius 1 is 1.62 bits per heavy atom. The molecule has 0 aliphatic rings. The molecule has 0 radical (unpaired) electrons. The van der Waals surface area contributed by atoms with Gasteiger partial charge < -0.3 is 5.11 Å². The number of allylic oxidation sites excluding steroid dienone is 3. The Labute approximate surface area is 48.1 Å². The fourth-order valence-electron chi connectivity index (χ4n) is 0.234. The zero-order valence-corrected chi connectivity index (χ0v) is 4.66. The summed E-state index contributed by atoms with van der Waals surface area (Å²) in [6, 6.07) is 0. The van der Waals surface area contributed by atoms with Gasteiger partial charge >= 0.3 is 0 Å². The summed E-state index contributed by atoms with van der Waals surface area (Å²) in [6.07, 6.45) is 4.45. The standard InChI is InChI=1S/C6H8O2/c1-6(5-8)3-2-4-7/h2-5,8H,1H3/b3-2-,6-5+. The van der Waals surface area contributed by atoms with Crippen molar-refractivity contribution in [2.24, 2.45) is 0 Å². The van der Waals surface area contributed by atoms with E-state index in [1.165, 1.54) is 12.2 Å². The molecule has 0 bridgehead atoms. The summed E-state index contributed by atoms with van der Waals surface area (Å²) in [5.41, 5.74) is 0.664. The van der Waals surface area contributed by atoms with E-state index in [0.29, 0.717) is 11.9 Å². The van der Waals surface area contributed by atoms with E-state index < -0.39 is 0 Å². The van der Waals surface area contributed by atoms with Crippen molar-refractivity contribution in [1.29, 1.82) is 0 Å². The number of hydrogen-bond donors (Lipinski definition) is 1. The second-order valence-corrected chi connectivity index (χ2v) is 1.37. The molecule has 0 saturated carbocycles. The largest absolute Gasteiger partial charge is 0.515 e. The number of aliphatic hydroxyl groups is 1. The van der Waals surface area contributed by atoms with Crippen molar-refractivity contribution in [3.63, 3.8) is 0 Å². The predicted octanol–water partition coefficient (Wildman–Crippen LogP) is 1.20. The lowest BCUT2D eigenvalue weighted by Crippen LogP contribution is -1.66. The van der Waals surface area contributed by atoms with E-state index in [2.05, 4.69) is 0 Å². The van der Waals surface area contributed by atoms with Crippen molar-refractivity contribution >= 4 is 6.29 Å².